The Labute approximate surface area is 86.8 Å². The van der Waals surface area contributed by atoms with Gasteiger partial charge in [0.1, 0.15) is 0 Å². The van der Waals surface area contributed by atoms with Gasteiger partial charge in [-0.1, -0.05) is 40.2 Å². The van der Waals surface area contributed by atoms with Crippen LogP contribution in [0.25, 0.3) is 0 Å². The lowest BCUT2D eigenvalue weighted by molar-refractivity contribution is 0.587. The molecule has 1 aliphatic heterocycles. The van der Waals surface area contributed by atoms with Gasteiger partial charge in [-0.2, -0.15) is 0 Å². The molecule has 13 heavy (non-hydrogen) atoms. The van der Waals surface area contributed by atoms with Crippen molar-refractivity contribution >= 4 is 23.7 Å². The second-order valence-corrected chi connectivity index (χ2v) is 6.01. The molecule has 0 saturated heterocycles. The molecule has 0 fully saturated rings. The SMILES string of the molecule is O=[PH]1CC=CC1c1ccc(Br)cc1. The summed E-state index contributed by atoms with van der Waals surface area (Å²) in [5, 5.41) is 0. The fourth-order valence-corrected chi connectivity index (χ4v) is 3.32. The summed E-state index contributed by atoms with van der Waals surface area (Å²) in [5.41, 5.74) is 1.35. The fourth-order valence-electron chi connectivity index (χ4n) is 1.52. The first kappa shape index (κ1) is 9.23. The van der Waals surface area contributed by atoms with E-state index in [1.165, 1.54) is 5.56 Å². The zero-order valence-corrected chi connectivity index (χ0v) is 9.62. The van der Waals surface area contributed by atoms with Gasteiger partial charge >= 0.3 is 0 Å². The van der Waals surface area contributed by atoms with Crippen molar-refractivity contribution in [3.8, 4) is 0 Å². The van der Waals surface area contributed by atoms with Crippen LogP contribution in [0.5, 0.6) is 0 Å². The van der Waals surface area contributed by atoms with Crippen LogP contribution in [0, 0.1) is 0 Å². The number of halogens is 1. The van der Waals surface area contributed by atoms with Crippen molar-refractivity contribution in [2.45, 2.75) is 5.66 Å². The molecule has 2 unspecified atom stereocenters. The molecule has 0 bridgehead atoms. The third-order valence-corrected chi connectivity index (χ3v) is 4.61. The largest absolute Gasteiger partial charge is 0.326 e. The molecule has 1 aromatic carbocycles. The van der Waals surface area contributed by atoms with Crippen LogP contribution in [0.15, 0.2) is 40.9 Å². The first-order chi connectivity index (χ1) is 6.27. The van der Waals surface area contributed by atoms with Crippen LogP contribution < -0.4 is 0 Å². The van der Waals surface area contributed by atoms with Crippen molar-refractivity contribution in [3.05, 3.63) is 46.5 Å². The van der Waals surface area contributed by atoms with E-state index < -0.39 is 7.80 Å². The number of benzene rings is 1. The first-order valence-electron chi connectivity index (χ1n) is 4.22. The zero-order chi connectivity index (χ0) is 9.26. The molecule has 2 rings (SSSR count). The molecule has 0 N–H and O–H groups in total. The first-order valence-corrected chi connectivity index (χ1v) is 6.71. The van der Waals surface area contributed by atoms with E-state index in [4.69, 9.17) is 0 Å². The minimum atomic E-state index is -1.44. The summed E-state index contributed by atoms with van der Waals surface area (Å²) >= 11 is 3.38. The van der Waals surface area contributed by atoms with Gasteiger partial charge in [0.05, 0.1) is 13.5 Å². The van der Waals surface area contributed by atoms with Crippen molar-refractivity contribution in [2.24, 2.45) is 0 Å². The summed E-state index contributed by atoms with van der Waals surface area (Å²) in [6, 6.07) is 8.06. The Morgan fingerprint density at radius 1 is 1.31 bits per heavy atom. The zero-order valence-electron chi connectivity index (χ0n) is 7.03. The molecule has 68 valence electrons. The summed E-state index contributed by atoms with van der Waals surface area (Å²) in [5.74, 6) is 0. The highest BCUT2D eigenvalue weighted by atomic mass is 79.9. The normalized spacial score (nSPS) is 26.5. The minimum Gasteiger partial charge on any atom is -0.326 e. The van der Waals surface area contributed by atoms with Gasteiger partial charge in [0.25, 0.3) is 0 Å². The Morgan fingerprint density at radius 3 is 2.54 bits per heavy atom. The van der Waals surface area contributed by atoms with Gasteiger partial charge in [0.2, 0.25) is 0 Å². The molecule has 0 spiro atoms. The van der Waals surface area contributed by atoms with Crippen LogP contribution in [0.1, 0.15) is 11.2 Å². The number of hydrogen-bond donors (Lipinski definition) is 0. The molecule has 1 heterocycles. The molecule has 1 nitrogen and oxygen atoms in total. The molecular weight excluding hydrogens is 247 g/mol. The van der Waals surface area contributed by atoms with Crippen molar-refractivity contribution in [1.82, 2.24) is 0 Å². The van der Waals surface area contributed by atoms with Gasteiger partial charge in [-0.3, -0.25) is 0 Å². The van der Waals surface area contributed by atoms with Gasteiger partial charge in [-0.15, -0.1) is 0 Å². The average Bonchev–Trinajstić information content (AvgIpc) is 2.53. The highest BCUT2D eigenvalue weighted by Gasteiger charge is 2.18. The topological polar surface area (TPSA) is 17.1 Å². The lowest BCUT2D eigenvalue weighted by Gasteiger charge is -2.07. The molecule has 1 aliphatic rings. The van der Waals surface area contributed by atoms with Crippen LogP contribution in [0.2, 0.25) is 0 Å². The summed E-state index contributed by atoms with van der Waals surface area (Å²) in [4.78, 5) is 0. The molecule has 0 aromatic heterocycles. The van der Waals surface area contributed by atoms with Gasteiger partial charge in [0, 0.05) is 10.6 Å². The second kappa shape index (κ2) is 3.81. The Kier molecular flexibility index (Phi) is 2.71. The molecule has 0 saturated carbocycles. The molecule has 0 aliphatic carbocycles. The quantitative estimate of drug-likeness (QED) is 0.554. The Balaban J connectivity index is 2.30. The van der Waals surface area contributed by atoms with Crippen LogP contribution in [0.4, 0.5) is 0 Å². The molecule has 1 aromatic rings. The van der Waals surface area contributed by atoms with Gasteiger partial charge in [0.15, 0.2) is 0 Å². The van der Waals surface area contributed by atoms with Crippen molar-refractivity contribution < 1.29 is 4.57 Å². The Morgan fingerprint density at radius 2 is 2.00 bits per heavy atom. The Bertz CT molecular complexity index is 356. The lowest BCUT2D eigenvalue weighted by atomic mass is 10.1. The third-order valence-electron chi connectivity index (χ3n) is 2.22. The van der Waals surface area contributed by atoms with Crippen molar-refractivity contribution in [3.63, 3.8) is 0 Å². The Hall–Kier alpha value is -0.330. The van der Waals surface area contributed by atoms with Crippen LogP contribution in [-0.2, 0) is 4.57 Å². The van der Waals surface area contributed by atoms with E-state index in [1.807, 2.05) is 30.3 Å². The van der Waals surface area contributed by atoms with E-state index in [1.54, 1.807) is 0 Å². The van der Waals surface area contributed by atoms with Gasteiger partial charge in [-0.25, -0.2) is 0 Å². The van der Waals surface area contributed by atoms with Crippen LogP contribution in [0.3, 0.4) is 0 Å². The van der Waals surface area contributed by atoms with Gasteiger partial charge in [-0.05, 0) is 17.7 Å². The van der Waals surface area contributed by atoms with Crippen molar-refractivity contribution in [2.75, 3.05) is 6.16 Å². The molecular formula is C10H10BrOP. The number of rotatable bonds is 1. The van der Waals surface area contributed by atoms with E-state index >= 15 is 0 Å². The second-order valence-electron chi connectivity index (χ2n) is 3.13. The monoisotopic (exact) mass is 256 g/mol. The maximum atomic E-state index is 11.6. The number of hydrogen-bond acceptors (Lipinski definition) is 1. The minimum absolute atomic E-state index is 0.179. The van der Waals surface area contributed by atoms with Crippen molar-refractivity contribution in [1.29, 1.82) is 0 Å². The molecule has 3 heteroatoms. The smallest absolute Gasteiger partial charge is 0.0905 e. The van der Waals surface area contributed by atoms with E-state index in [9.17, 15) is 4.57 Å². The number of allylic oxidation sites excluding steroid dienone is 2. The fraction of sp³-hybridized carbons (Fsp3) is 0.200. The van der Waals surface area contributed by atoms with E-state index in [0.29, 0.717) is 0 Å². The van der Waals surface area contributed by atoms with E-state index in [0.717, 1.165) is 10.6 Å². The predicted octanol–water partition coefficient (Wildman–Crippen LogP) is 3.62. The highest BCUT2D eigenvalue weighted by Crippen LogP contribution is 2.46. The standard InChI is InChI=1S/C10H10BrOP/c11-9-5-3-8(4-6-9)10-2-1-7-13(10)12/h1-6,10,13H,7H2. The molecule has 0 radical (unpaired) electrons. The maximum Gasteiger partial charge on any atom is 0.0905 e. The van der Waals surface area contributed by atoms with Crippen LogP contribution >= 0.6 is 23.7 Å². The summed E-state index contributed by atoms with van der Waals surface area (Å²) in [6.45, 7) is 0. The predicted molar refractivity (Wildman–Crippen MR) is 59.9 cm³/mol. The lowest BCUT2D eigenvalue weighted by Crippen LogP contribution is -1.85. The highest BCUT2D eigenvalue weighted by molar-refractivity contribution is 9.10. The van der Waals surface area contributed by atoms with E-state index in [2.05, 4.69) is 22.0 Å². The summed E-state index contributed by atoms with van der Waals surface area (Å²) in [6.07, 6.45) is 4.85. The van der Waals surface area contributed by atoms with Crippen LogP contribution in [-0.4, -0.2) is 6.16 Å². The summed E-state index contributed by atoms with van der Waals surface area (Å²) < 4.78 is 12.6. The summed E-state index contributed by atoms with van der Waals surface area (Å²) in [7, 11) is -1.44. The van der Waals surface area contributed by atoms with E-state index in [-0.39, 0.29) is 5.66 Å². The average molecular weight is 257 g/mol. The van der Waals surface area contributed by atoms with Gasteiger partial charge < -0.3 is 4.57 Å². The molecule has 0 amide bonds. The maximum absolute atomic E-state index is 11.6. The third kappa shape index (κ3) is 1.95. The molecule has 2 atom stereocenters.